The molecule has 10 heteroatoms. The molecule has 244 valence electrons. The first-order valence-electron chi connectivity index (χ1n) is 15.7. The lowest BCUT2D eigenvalue weighted by atomic mass is 9.65. The fourth-order valence-electron chi connectivity index (χ4n) is 7.70. The maximum atomic E-state index is 14.9. The Morgan fingerprint density at radius 2 is 1.65 bits per heavy atom. The Balaban J connectivity index is 1.56. The normalized spacial score (nSPS) is 25.9. The van der Waals surface area contributed by atoms with Crippen molar-refractivity contribution < 1.29 is 33.7 Å². The third kappa shape index (κ3) is 5.19. The molecule has 2 fully saturated rings. The molecule has 9 nitrogen and oxygen atoms in total. The van der Waals surface area contributed by atoms with Crippen LogP contribution in [0, 0.1) is 9.49 Å². The van der Waals surface area contributed by atoms with Crippen LogP contribution in [0.5, 0.6) is 5.75 Å². The number of morpholine rings is 1. The van der Waals surface area contributed by atoms with E-state index in [1.807, 2.05) is 102 Å². The number of ether oxygens (including phenoxy) is 3. The van der Waals surface area contributed by atoms with Crippen molar-refractivity contribution in [3.05, 3.63) is 142 Å². The van der Waals surface area contributed by atoms with Gasteiger partial charge in [-0.25, -0.2) is 0 Å². The van der Waals surface area contributed by atoms with E-state index in [1.165, 1.54) is 6.08 Å². The summed E-state index contributed by atoms with van der Waals surface area (Å²) in [7, 11) is 0. The average molecular weight is 757 g/mol. The molecule has 3 aliphatic rings. The molecular weight excluding hydrogens is 723 g/mol. The van der Waals surface area contributed by atoms with Crippen molar-refractivity contribution in [1.29, 1.82) is 0 Å². The first-order chi connectivity index (χ1) is 23.4. The molecule has 0 bridgehead atoms. The molecular formula is C38H33IN2O7. The van der Waals surface area contributed by atoms with Crippen molar-refractivity contribution in [2.45, 2.75) is 29.6 Å². The van der Waals surface area contributed by atoms with Crippen molar-refractivity contribution >= 4 is 46.1 Å². The molecule has 2 N–H and O–H groups in total. The summed E-state index contributed by atoms with van der Waals surface area (Å²) in [6, 6.07) is 29.4. The maximum Gasteiger partial charge on any atom is 0.325 e. The number of hydrogen-bond donors (Lipinski definition) is 2. The number of amides is 1. The van der Waals surface area contributed by atoms with E-state index >= 15 is 0 Å². The van der Waals surface area contributed by atoms with Gasteiger partial charge in [-0.2, -0.15) is 0 Å². The van der Waals surface area contributed by atoms with Gasteiger partial charge >= 0.3 is 11.9 Å². The van der Waals surface area contributed by atoms with E-state index in [0.717, 1.165) is 14.7 Å². The highest BCUT2D eigenvalue weighted by Gasteiger charge is 2.74. The number of rotatable bonds is 9. The Morgan fingerprint density at radius 1 is 0.938 bits per heavy atom. The van der Waals surface area contributed by atoms with Gasteiger partial charge in [0.1, 0.15) is 42.4 Å². The standard InChI is InChI=1S/C38H33IN2O7/c1-2-19-47-35(43)30-32-36(44)48-33(24-12-7-4-8-13-24)31(23-10-5-3-6-11-23)41(32)34(25-14-9-15-27(21-25)46-20-18-42)38(30)28-22-26(39)16-17-29(28)40-37(38)45/h2-17,21-22,30-34,42H,1,18-20H2,(H,40,45)/t30-,31-,32-,33+,34+,38-/m0/s1. The molecule has 7 rings (SSSR count). The van der Waals surface area contributed by atoms with Crippen LogP contribution in [0.4, 0.5) is 5.69 Å². The molecule has 48 heavy (non-hydrogen) atoms. The first-order valence-corrected chi connectivity index (χ1v) is 16.8. The van der Waals surface area contributed by atoms with Crippen LogP contribution < -0.4 is 10.1 Å². The third-order valence-electron chi connectivity index (χ3n) is 9.40. The van der Waals surface area contributed by atoms with Crippen molar-refractivity contribution in [2.75, 3.05) is 25.1 Å². The molecule has 0 aliphatic carbocycles. The number of fused-ring (bicyclic) bond motifs is 3. The molecule has 4 aromatic rings. The summed E-state index contributed by atoms with van der Waals surface area (Å²) >= 11 is 2.19. The Labute approximate surface area is 291 Å². The minimum absolute atomic E-state index is 0.0681. The van der Waals surface area contributed by atoms with E-state index in [1.54, 1.807) is 6.07 Å². The zero-order valence-corrected chi connectivity index (χ0v) is 28.0. The zero-order valence-electron chi connectivity index (χ0n) is 25.8. The SMILES string of the molecule is C=CCOC(=O)[C@@H]1[C@H]2C(=O)O[C@H](c3ccccc3)[C@H](c3ccccc3)N2[C@H](c2cccc(OCCO)c2)[C@@]12C(=O)Nc1ccc(I)cc12. The third-order valence-corrected chi connectivity index (χ3v) is 10.1. The number of nitrogens with one attached hydrogen (secondary N) is 1. The van der Waals surface area contributed by atoms with Gasteiger partial charge in [-0.15, -0.1) is 0 Å². The van der Waals surface area contributed by atoms with Crippen LogP contribution in [0.1, 0.15) is 40.4 Å². The lowest BCUT2D eigenvalue weighted by Crippen LogP contribution is -2.52. The second kappa shape index (κ2) is 13.2. The molecule has 4 aromatic carbocycles. The lowest BCUT2D eigenvalue weighted by molar-refractivity contribution is -0.180. The van der Waals surface area contributed by atoms with Crippen LogP contribution in [-0.4, -0.2) is 53.7 Å². The number of anilines is 1. The number of carbonyl (C=O) groups excluding carboxylic acids is 3. The predicted octanol–water partition coefficient (Wildman–Crippen LogP) is 5.66. The van der Waals surface area contributed by atoms with Gasteiger partial charge in [-0.05, 0) is 75.2 Å². The summed E-state index contributed by atoms with van der Waals surface area (Å²) in [5.41, 5.74) is 1.80. The van der Waals surface area contributed by atoms with Gasteiger partial charge in [0.2, 0.25) is 5.91 Å². The van der Waals surface area contributed by atoms with Gasteiger partial charge in [0.05, 0.1) is 18.7 Å². The highest BCUT2D eigenvalue weighted by Crippen LogP contribution is 2.65. The van der Waals surface area contributed by atoms with Crippen molar-refractivity contribution in [1.82, 2.24) is 4.90 Å². The number of carbonyl (C=O) groups is 3. The maximum absolute atomic E-state index is 14.9. The van der Waals surface area contributed by atoms with Gasteiger partial charge in [0.15, 0.2) is 0 Å². The summed E-state index contributed by atoms with van der Waals surface area (Å²) in [5, 5.41) is 12.6. The number of halogens is 1. The second-order valence-electron chi connectivity index (χ2n) is 12.0. The summed E-state index contributed by atoms with van der Waals surface area (Å²) in [6.45, 7) is 3.49. The predicted molar refractivity (Wildman–Crippen MR) is 186 cm³/mol. The minimum Gasteiger partial charge on any atom is -0.491 e. The van der Waals surface area contributed by atoms with Gasteiger partial charge in [0.25, 0.3) is 0 Å². The molecule has 0 aromatic heterocycles. The van der Waals surface area contributed by atoms with Gasteiger partial charge in [-0.1, -0.05) is 85.5 Å². The quantitative estimate of drug-likeness (QED) is 0.128. The summed E-state index contributed by atoms with van der Waals surface area (Å²) < 4.78 is 18.8. The van der Waals surface area contributed by atoms with Crippen LogP contribution in [0.2, 0.25) is 0 Å². The van der Waals surface area contributed by atoms with E-state index in [9.17, 15) is 19.5 Å². The van der Waals surface area contributed by atoms with E-state index < -0.39 is 53.4 Å². The van der Waals surface area contributed by atoms with Crippen molar-refractivity contribution in [3.63, 3.8) is 0 Å². The van der Waals surface area contributed by atoms with Crippen LogP contribution in [0.25, 0.3) is 0 Å². The fourth-order valence-corrected chi connectivity index (χ4v) is 8.19. The number of hydrogen-bond acceptors (Lipinski definition) is 8. The van der Waals surface area contributed by atoms with Crippen LogP contribution >= 0.6 is 22.6 Å². The topological polar surface area (TPSA) is 114 Å². The number of benzene rings is 4. The van der Waals surface area contributed by atoms with E-state index in [2.05, 4.69) is 34.5 Å². The molecule has 0 unspecified atom stereocenters. The van der Waals surface area contributed by atoms with E-state index in [4.69, 9.17) is 14.2 Å². The Kier molecular flexibility index (Phi) is 8.80. The zero-order chi connectivity index (χ0) is 33.4. The Morgan fingerprint density at radius 3 is 2.35 bits per heavy atom. The Hall–Kier alpha value is -4.52. The Bertz CT molecular complexity index is 1870. The van der Waals surface area contributed by atoms with Crippen LogP contribution in [0.3, 0.4) is 0 Å². The smallest absolute Gasteiger partial charge is 0.325 e. The van der Waals surface area contributed by atoms with E-state index in [-0.39, 0.29) is 19.8 Å². The molecule has 3 heterocycles. The number of aliphatic hydroxyl groups excluding tert-OH is 1. The van der Waals surface area contributed by atoms with Crippen molar-refractivity contribution in [3.8, 4) is 5.75 Å². The highest BCUT2D eigenvalue weighted by molar-refractivity contribution is 14.1. The second-order valence-corrected chi connectivity index (χ2v) is 13.2. The molecule has 0 saturated carbocycles. The van der Waals surface area contributed by atoms with E-state index in [0.29, 0.717) is 22.6 Å². The average Bonchev–Trinajstić information content (AvgIpc) is 3.59. The van der Waals surface area contributed by atoms with Gasteiger partial charge in [0, 0.05) is 9.26 Å². The summed E-state index contributed by atoms with van der Waals surface area (Å²) in [4.78, 5) is 45.9. The number of esters is 2. The molecule has 0 radical (unpaired) electrons. The lowest BCUT2D eigenvalue weighted by Gasteiger charge is -2.46. The number of aliphatic hydroxyl groups is 1. The fraction of sp³-hybridized carbons (Fsp3) is 0.237. The molecule has 1 spiro atoms. The first kappa shape index (κ1) is 32.0. The van der Waals surface area contributed by atoms with Gasteiger partial charge in [-0.3, -0.25) is 19.3 Å². The monoisotopic (exact) mass is 756 g/mol. The van der Waals surface area contributed by atoms with Gasteiger partial charge < -0.3 is 24.6 Å². The van der Waals surface area contributed by atoms with Crippen LogP contribution in [-0.2, 0) is 29.3 Å². The molecule has 6 atom stereocenters. The van der Waals surface area contributed by atoms with Crippen LogP contribution in [0.15, 0.2) is 116 Å². The number of cyclic esters (lactones) is 1. The highest BCUT2D eigenvalue weighted by atomic mass is 127. The largest absolute Gasteiger partial charge is 0.491 e. The number of nitrogens with zero attached hydrogens (tertiary/aromatic N) is 1. The molecule has 3 aliphatic heterocycles. The summed E-state index contributed by atoms with van der Waals surface area (Å²) in [6.07, 6.45) is 0.688. The van der Waals surface area contributed by atoms with Crippen molar-refractivity contribution in [2.24, 2.45) is 5.92 Å². The summed E-state index contributed by atoms with van der Waals surface area (Å²) in [5.74, 6) is -2.57. The molecule has 2 saturated heterocycles. The minimum atomic E-state index is -1.62. The molecule has 1 amide bonds.